The van der Waals surface area contributed by atoms with Gasteiger partial charge in [0.05, 0.1) is 23.6 Å². The molecule has 2 aromatic heterocycles. The molecule has 1 saturated heterocycles. The van der Waals surface area contributed by atoms with Crippen LogP contribution in [-0.2, 0) is 16.1 Å². The molecule has 3 heterocycles. The predicted octanol–water partition coefficient (Wildman–Crippen LogP) is 4.07. The minimum atomic E-state index is -0.0147. The highest BCUT2D eigenvalue weighted by atomic mass is 32.1. The van der Waals surface area contributed by atoms with Crippen LogP contribution in [0.1, 0.15) is 34.4 Å². The van der Waals surface area contributed by atoms with Crippen LogP contribution in [0.15, 0.2) is 30.6 Å². The van der Waals surface area contributed by atoms with Gasteiger partial charge in [0.1, 0.15) is 17.0 Å². The molecule has 0 N–H and O–H groups in total. The van der Waals surface area contributed by atoms with Crippen molar-refractivity contribution in [3.8, 4) is 6.07 Å². The molecule has 0 unspecified atom stereocenters. The maximum atomic E-state index is 13.4. The molecule has 1 aromatic carbocycles. The zero-order chi connectivity index (χ0) is 23.4. The molecule has 1 amide bonds. The highest BCUT2D eigenvalue weighted by Crippen LogP contribution is 2.35. The number of hydrogen-bond acceptors (Lipinski definition) is 7. The highest BCUT2D eigenvalue weighted by Gasteiger charge is 2.30. The standard InChI is InChI=1S/C25H29N5O2S/c1-17-18(2)33-24-22(17)23(27-16-28-24)29-10-8-21(9-11-29)25(31)30(12-13-32-3)15-20-6-4-19(14-26)5-7-20/h4-7,16,21H,8-13,15H2,1-3H3. The Bertz CT molecular complexity index is 1160. The van der Waals surface area contributed by atoms with Gasteiger partial charge in [0.25, 0.3) is 0 Å². The number of carbonyl (C=O) groups is 1. The fourth-order valence-corrected chi connectivity index (χ4v) is 5.37. The van der Waals surface area contributed by atoms with E-state index in [0.717, 1.165) is 47.5 Å². The zero-order valence-corrected chi connectivity index (χ0v) is 20.2. The summed E-state index contributed by atoms with van der Waals surface area (Å²) in [6.07, 6.45) is 3.24. The monoisotopic (exact) mass is 463 g/mol. The summed E-state index contributed by atoms with van der Waals surface area (Å²) in [5.41, 5.74) is 2.88. The Labute approximate surface area is 198 Å². The third kappa shape index (κ3) is 5.00. The number of rotatable bonds is 7. The smallest absolute Gasteiger partial charge is 0.226 e. The van der Waals surface area contributed by atoms with Gasteiger partial charge in [-0.15, -0.1) is 11.3 Å². The molecule has 33 heavy (non-hydrogen) atoms. The molecule has 172 valence electrons. The van der Waals surface area contributed by atoms with E-state index in [9.17, 15) is 4.79 Å². The van der Waals surface area contributed by atoms with Crippen LogP contribution in [0.25, 0.3) is 10.2 Å². The van der Waals surface area contributed by atoms with Crippen LogP contribution >= 0.6 is 11.3 Å². The van der Waals surface area contributed by atoms with Crippen molar-refractivity contribution in [3.63, 3.8) is 0 Å². The van der Waals surface area contributed by atoms with Gasteiger partial charge >= 0.3 is 0 Å². The minimum absolute atomic E-state index is 0.0147. The van der Waals surface area contributed by atoms with Gasteiger partial charge in [-0.25, -0.2) is 9.97 Å². The Morgan fingerprint density at radius 2 is 1.97 bits per heavy atom. The highest BCUT2D eigenvalue weighted by molar-refractivity contribution is 7.18. The predicted molar refractivity (Wildman–Crippen MR) is 130 cm³/mol. The average Bonchev–Trinajstić information content (AvgIpc) is 3.15. The summed E-state index contributed by atoms with van der Waals surface area (Å²) >= 11 is 1.71. The average molecular weight is 464 g/mol. The zero-order valence-electron chi connectivity index (χ0n) is 19.4. The first-order valence-corrected chi connectivity index (χ1v) is 12.1. The number of aromatic nitrogens is 2. The maximum absolute atomic E-state index is 13.4. The van der Waals surface area contributed by atoms with Gasteiger partial charge < -0.3 is 14.5 Å². The number of nitriles is 1. The molecule has 0 saturated carbocycles. The van der Waals surface area contributed by atoms with Gasteiger partial charge in [0, 0.05) is 44.1 Å². The molecule has 1 aliphatic rings. The van der Waals surface area contributed by atoms with E-state index in [4.69, 9.17) is 10.00 Å². The van der Waals surface area contributed by atoms with E-state index in [1.54, 1.807) is 36.9 Å². The Balaban J connectivity index is 1.45. The second-order valence-corrected chi connectivity index (χ2v) is 9.69. The fraction of sp³-hybridized carbons (Fsp3) is 0.440. The molecule has 0 bridgehead atoms. The number of piperidine rings is 1. The molecule has 0 aliphatic carbocycles. The number of ether oxygens (including phenoxy) is 1. The molecule has 7 nitrogen and oxygen atoms in total. The molecule has 8 heteroatoms. The molecule has 0 atom stereocenters. The summed E-state index contributed by atoms with van der Waals surface area (Å²) in [4.78, 5) is 29.0. The van der Waals surface area contributed by atoms with E-state index in [-0.39, 0.29) is 11.8 Å². The van der Waals surface area contributed by atoms with Crippen LogP contribution in [0, 0.1) is 31.1 Å². The number of nitrogens with zero attached hydrogens (tertiary/aromatic N) is 5. The fourth-order valence-electron chi connectivity index (χ4n) is 4.37. The van der Waals surface area contributed by atoms with Gasteiger partial charge in [-0.05, 0) is 49.9 Å². The lowest BCUT2D eigenvalue weighted by Gasteiger charge is -2.35. The summed E-state index contributed by atoms with van der Waals surface area (Å²) < 4.78 is 5.25. The minimum Gasteiger partial charge on any atom is -0.383 e. The largest absolute Gasteiger partial charge is 0.383 e. The van der Waals surface area contributed by atoms with E-state index in [0.29, 0.717) is 25.3 Å². The van der Waals surface area contributed by atoms with Gasteiger partial charge in [0.2, 0.25) is 5.91 Å². The van der Waals surface area contributed by atoms with E-state index in [1.807, 2.05) is 17.0 Å². The molecule has 0 radical (unpaired) electrons. The summed E-state index contributed by atoms with van der Waals surface area (Å²) in [5.74, 6) is 1.15. The van der Waals surface area contributed by atoms with Crippen LogP contribution in [0.5, 0.6) is 0 Å². The Morgan fingerprint density at radius 1 is 1.24 bits per heavy atom. The van der Waals surface area contributed by atoms with Crippen LogP contribution in [0.3, 0.4) is 0 Å². The molecule has 4 rings (SSSR count). The van der Waals surface area contributed by atoms with Crippen LogP contribution < -0.4 is 4.90 Å². The van der Waals surface area contributed by atoms with Crippen LogP contribution in [0.4, 0.5) is 5.82 Å². The number of methoxy groups -OCH3 is 1. The molecule has 0 spiro atoms. The first-order chi connectivity index (χ1) is 16.0. The maximum Gasteiger partial charge on any atom is 0.226 e. The molecule has 1 aliphatic heterocycles. The first-order valence-electron chi connectivity index (χ1n) is 11.2. The van der Waals surface area contributed by atoms with Gasteiger partial charge in [-0.3, -0.25) is 4.79 Å². The number of anilines is 1. The lowest BCUT2D eigenvalue weighted by molar-refractivity contribution is -0.137. The number of amides is 1. The van der Waals surface area contributed by atoms with Gasteiger partial charge in [0.15, 0.2) is 0 Å². The molecule has 3 aromatic rings. The van der Waals surface area contributed by atoms with Crippen molar-refractivity contribution in [3.05, 3.63) is 52.2 Å². The summed E-state index contributed by atoms with van der Waals surface area (Å²) in [5, 5.41) is 10.2. The first kappa shape index (κ1) is 23.1. The number of hydrogen-bond donors (Lipinski definition) is 0. The van der Waals surface area contributed by atoms with Crippen molar-refractivity contribution < 1.29 is 9.53 Å². The van der Waals surface area contributed by atoms with E-state index < -0.39 is 0 Å². The Morgan fingerprint density at radius 3 is 2.64 bits per heavy atom. The van der Waals surface area contributed by atoms with Gasteiger partial charge in [-0.1, -0.05) is 12.1 Å². The number of fused-ring (bicyclic) bond motifs is 1. The van der Waals surface area contributed by atoms with Crippen LogP contribution in [-0.4, -0.2) is 54.1 Å². The molecule has 1 fully saturated rings. The molecular formula is C25H29N5O2S. The summed E-state index contributed by atoms with van der Waals surface area (Å²) in [6, 6.07) is 9.56. The number of thiophene rings is 1. The lowest BCUT2D eigenvalue weighted by atomic mass is 9.94. The number of carbonyl (C=O) groups excluding carboxylic acids is 1. The third-order valence-electron chi connectivity index (χ3n) is 6.42. The lowest BCUT2D eigenvalue weighted by Crippen LogP contribution is -2.43. The number of aryl methyl sites for hydroxylation is 2. The van der Waals surface area contributed by atoms with E-state index in [1.165, 1.54) is 10.4 Å². The second-order valence-electron chi connectivity index (χ2n) is 8.48. The SMILES string of the molecule is COCCN(Cc1ccc(C#N)cc1)C(=O)C1CCN(c2ncnc3sc(C)c(C)c23)CC1. The normalized spacial score (nSPS) is 14.4. The van der Waals surface area contributed by atoms with Crippen LogP contribution in [0.2, 0.25) is 0 Å². The van der Waals surface area contributed by atoms with Crippen molar-refractivity contribution in [1.29, 1.82) is 5.26 Å². The van der Waals surface area contributed by atoms with Crippen molar-refractivity contribution in [2.45, 2.75) is 33.2 Å². The van der Waals surface area contributed by atoms with Crippen molar-refractivity contribution >= 4 is 33.3 Å². The van der Waals surface area contributed by atoms with Crippen molar-refractivity contribution in [1.82, 2.24) is 14.9 Å². The Kier molecular flexibility index (Phi) is 7.21. The van der Waals surface area contributed by atoms with Crippen molar-refractivity contribution in [2.24, 2.45) is 5.92 Å². The Hall–Kier alpha value is -3.02. The molecular weight excluding hydrogens is 434 g/mol. The summed E-state index contributed by atoms with van der Waals surface area (Å²) in [6.45, 7) is 7.42. The van der Waals surface area contributed by atoms with Gasteiger partial charge in [-0.2, -0.15) is 5.26 Å². The van der Waals surface area contributed by atoms with Crippen molar-refractivity contribution in [2.75, 3.05) is 38.3 Å². The topological polar surface area (TPSA) is 82.4 Å². The summed E-state index contributed by atoms with van der Waals surface area (Å²) in [7, 11) is 1.65. The third-order valence-corrected chi connectivity index (χ3v) is 7.54. The second kappa shape index (κ2) is 10.3. The quantitative estimate of drug-likeness (QED) is 0.525. The number of benzene rings is 1. The van der Waals surface area contributed by atoms with E-state index >= 15 is 0 Å². The van der Waals surface area contributed by atoms with E-state index in [2.05, 4.69) is 34.8 Å².